The summed E-state index contributed by atoms with van der Waals surface area (Å²) < 4.78 is 6.09. The summed E-state index contributed by atoms with van der Waals surface area (Å²) >= 11 is 0. The Morgan fingerprint density at radius 2 is 1.80 bits per heavy atom. The van der Waals surface area contributed by atoms with Crippen molar-refractivity contribution < 1.29 is 4.74 Å². The summed E-state index contributed by atoms with van der Waals surface area (Å²) in [6, 6.07) is 14.5. The molecule has 1 unspecified atom stereocenters. The molecule has 20 heavy (non-hydrogen) atoms. The van der Waals surface area contributed by atoms with Crippen LogP contribution in [0.2, 0.25) is 0 Å². The Morgan fingerprint density at radius 1 is 1.05 bits per heavy atom. The molecule has 2 rings (SSSR count). The Morgan fingerprint density at radius 3 is 2.50 bits per heavy atom. The monoisotopic (exact) mass is 269 g/mol. The van der Waals surface area contributed by atoms with Gasteiger partial charge in [-0.3, -0.25) is 0 Å². The molecule has 0 saturated carbocycles. The first kappa shape index (κ1) is 14.6. The molecule has 2 heteroatoms. The smallest absolute Gasteiger partial charge is 0.130 e. The van der Waals surface area contributed by atoms with Crippen molar-refractivity contribution in [1.29, 1.82) is 0 Å². The lowest BCUT2D eigenvalue weighted by Gasteiger charge is -2.16. The van der Waals surface area contributed by atoms with Crippen LogP contribution >= 0.6 is 0 Å². The lowest BCUT2D eigenvalue weighted by atomic mass is 10.0. The molecule has 0 fully saturated rings. The van der Waals surface area contributed by atoms with Gasteiger partial charge in [-0.05, 0) is 49.9 Å². The third kappa shape index (κ3) is 3.61. The second-order valence-electron chi connectivity index (χ2n) is 5.35. The van der Waals surface area contributed by atoms with Crippen LogP contribution in [-0.4, -0.2) is 6.04 Å². The summed E-state index contributed by atoms with van der Waals surface area (Å²) in [5.74, 6) is 1.82. The topological polar surface area (TPSA) is 35.2 Å². The van der Waals surface area contributed by atoms with Gasteiger partial charge >= 0.3 is 0 Å². The minimum Gasteiger partial charge on any atom is -0.457 e. The van der Waals surface area contributed by atoms with Gasteiger partial charge in [0.2, 0.25) is 0 Å². The molecule has 106 valence electrons. The van der Waals surface area contributed by atoms with Crippen molar-refractivity contribution >= 4 is 0 Å². The van der Waals surface area contributed by atoms with E-state index in [1.54, 1.807) is 0 Å². The molecule has 0 aliphatic heterocycles. The molecule has 0 aromatic heterocycles. The molecule has 1 atom stereocenters. The van der Waals surface area contributed by atoms with E-state index in [1.165, 1.54) is 11.1 Å². The summed E-state index contributed by atoms with van der Waals surface area (Å²) in [5.41, 5.74) is 9.65. The highest BCUT2D eigenvalue weighted by Gasteiger charge is 2.10. The fourth-order valence-electron chi connectivity index (χ4n) is 2.18. The average Bonchev–Trinajstić information content (AvgIpc) is 2.44. The average molecular weight is 269 g/mol. The first-order valence-electron chi connectivity index (χ1n) is 7.18. The highest BCUT2D eigenvalue weighted by molar-refractivity contribution is 5.42. The Bertz CT molecular complexity index is 577. The maximum atomic E-state index is 6.09. The van der Waals surface area contributed by atoms with Crippen LogP contribution in [0.1, 0.15) is 30.0 Å². The van der Waals surface area contributed by atoms with Crippen LogP contribution in [0, 0.1) is 13.8 Å². The van der Waals surface area contributed by atoms with Crippen LogP contribution < -0.4 is 10.5 Å². The van der Waals surface area contributed by atoms with Gasteiger partial charge in [-0.2, -0.15) is 0 Å². The van der Waals surface area contributed by atoms with E-state index in [2.05, 4.69) is 39.0 Å². The number of para-hydroxylation sites is 1. The summed E-state index contributed by atoms with van der Waals surface area (Å²) in [4.78, 5) is 0. The number of rotatable bonds is 5. The lowest BCUT2D eigenvalue weighted by molar-refractivity contribution is 0.468. The number of aryl methyl sites for hydroxylation is 2. The molecule has 0 saturated heterocycles. The van der Waals surface area contributed by atoms with Gasteiger partial charge in [-0.15, -0.1) is 0 Å². The zero-order valence-corrected chi connectivity index (χ0v) is 12.5. The number of nitrogens with two attached hydrogens (primary N) is 1. The maximum Gasteiger partial charge on any atom is 0.130 e. The molecule has 0 heterocycles. The predicted molar refractivity (Wildman–Crippen MR) is 84.4 cm³/mol. The van der Waals surface area contributed by atoms with Gasteiger partial charge in [0.15, 0.2) is 0 Å². The second kappa shape index (κ2) is 6.58. The van der Waals surface area contributed by atoms with E-state index in [-0.39, 0.29) is 6.04 Å². The third-order valence-corrected chi connectivity index (χ3v) is 3.54. The Balaban J connectivity index is 2.29. The molecule has 0 aliphatic carbocycles. The van der Waals surface area contributed by atoms with Gasteiger partial charge in [-0.1, -0.05) is 42.8 Å². The van der Waals surface area contributed by atoms with Crippen LogP contribution in [-0.2, 0) is 6.42 Å². The van der Waals surface area contributed by atoms with Crippen molar-refractivity contribution in [3.05, 3.63) is 59.2 Å². The molecule has 0 amide bonds. The molecule has 0 aliphatic rings. The van der Waals surface area contributed by atoms with E-state index in [4.69, 9.17) is 10.5 Å². The molecular weight excluding hydrogens is 246 g/mol. The minimum atomic E-state index is 0.177. The molecule has 2 aromatic rings. The zero-order chi connectivity index (χ0) is 14.5. The van der Waals surface area contributed by atoms with Crippen molar-refractivity contribution in [2.24, 2.45) is 5.73 Å². The third-order valence-electron chi connectivity index (χ3n) is 3.54. The number of benzene rings is 2. The van der Waals surface area contributed by atoms with Crippen LogP contribution in [0.15, 0.2) is 42.5 Å². The largest absolute Gasteiger partial charge is 0.457 e. The standard InChI is InChI=1S/C18H23NO/c1-4-16(19)12-15-11-13(2)9-10-18(15)20-17-8-6-5-7-14(17)3/h5-11,16H,4,12,19H2,1-3H3. The Kier molecular flexibility index (Phi) is 4.80. The van der Waals surface area contributed by atoms with Gasteiger partial charge in [-0.25, -0.2) is 0 Å². The van der Waals surface area contributed by atoms with E-state index >= 15 is 0 Å². The normalized spacial score (nSPS) is 12.2. The lowest BCUT2D eigenvalue weighted by Crippen LogP contribution is -2.21. The fraction of sp³-hybridized carbons (Fsp3) is 0.333. The quantitative estimate of drug-likeness (QED) is 0.874. The highest BCUT2D eigenvalue weighted by Crippen LogP contribution is 2.29. The van der Waals surface area contributed by atoms with Crippen LogP contribution in [0.25, 0.3) is 0 Å². The first-order valence-corrected chi connectivity index (χ1v) is 7.18. The first-order chi connectivity index (χ1) is 9.60. The van der Waals surface area contributed by atoms with Crippen molar-refractivity contribution in [1.82, 2.24) is 0 Å². The fourth-order valence-corrected chi connectivity index (χ4v) is 2.18. The second-order valence-corrected chi connectivity index (χ2v) is 5.35. The Hall–Kier alpha value is -1.80. The summed E-state index contributed by atoms with van der Waals surface area (Å²) in [5, 5.41) is 0. The summed E-state index contributed by atoms with van der Waals surface area (Å²) in [6.45, 7) is 6.27. The zero-order valence-electron chi connectivity index (χ0n) is 12.5. The van der Waals surface area contributed by atoms with Crippen molar-refractivity contribution in [2.45, 2.75) is 39.7 Å². The van der Waals surface area contributed by atoms with E-state index < -0.39 is 0 Å². The van der Waals surface area contributed by atoms with E-state index in [0.29, 0.717) is 0 Å². The highest BCUT2D eigenvalue weighted by atomic mass is 16.5. The van der Waals surface area contributed by atoms with Crippen molar-refractivity contribution in [3.63, 3.8) is 0 Å². The Labute approximate surface area is 121 Å². The molecule has 0 spiro atoms. The number of ether oxygens (including phenoxy) is 1. The number of hydrogen-bond donors (Lipinski definition) is 1. The van der Waals surface area contributed by atoms with Gasteiger partial charge in [0, 0.05) is 6.04 Å². The molecule has 2 nitrogen and oxygen atoms in total. The maximum absolute atomic E-state index is 6.09. The SMILES string of the molecule is CCC(N)Cc1cc(C)ccc1Oc1ccccc1C. The van der Waals surface area contributed by atoms with Crippen LogP contribution in [0.4, 0.5) is 0 Å². The van der Waals surface area contributed by atoms with Gasteiger partial charge in [0.05, 0.1) is 0 Å². The van der Waals surface area contributed by atoms with Gasteiger partial charge < -0.3 is 10.5 Å². The van der Waals surface area contributed by atoms with E-state index in [9.17, 15) is 0 Å². The van der Waals surface area contributed by atoms with E-state index in [0.717, 1.165) is 29.9 Å². The van der Waals surface area contributed by atoms with Gasteiger partial charge in [0.1, 0.15) is 11.5 Å². The van der Waals surface area contributed by atoms with Crippen LogP contribution in [0.3, 0.4) is 0 Å². The van der Waals surface area contributed by atoms with Crippen molar-refractivity contribution in [2.75, 3.05) is 0 Å². The summed E-state index contributed by atoms with van der Waals surface area (Å²) in [7, 11) is 0. The van der Waals surface area contributed by atoms with E-state index in [1.807, 2.05) is 24.3 Å². The minimum absolute atomic E-state index is 0.177. The molecule has 2 N–H and O–H groups in total. The molecular formula is C18H23NO. The van der Waals surface area contributed by atoms with Crippen molar-refractivity contribution in [3.8, 4) is 11.5 Å². The molecule has 0 radical (unpaired) electrons. The molecule has 0 bridgehead atoms. The predicted octanol–water partition coefficient (Wildman–Crippen LogP) is 4.38. The summed E-state index contributed by atoms with van der Waals surface area (Å²) in [6.07, 6.45) is 1.82. The van der Waals surface area contributed by atoms with Gasteiger partial charge in [0.25, 0.3) is 0 Å². The number of hydrogen-bond acceptors (Lipinski definition) is 2. The van der Waals surface area contributed by atoms with Crippen LogP contribution in [0.5, 0.6) is 11.5 Å². The molecule has 2 aromatic carbocycles.